The van der Waals surface area contributed by atoms with E-state index < -0.39 is 18.2 Å². The van der Waals surface area contributed by atoms with Crippen LogP contribution < -0.4 is 10.1 Å². The van der Waals surface area contributed by atoms with Gasteiger partial charge in [0.2, 0.25) is 0 Å². The van der Waals surface area contributed by atoms with Crippen molar-refractivity contribution in [3.05, 3.63) is 29.3 Å². The third-order valence-corrected chi connectivity index (χ3v) is 5.05. The van der Waals surface area contributed by atoms with Crippen LogP contribution in [0.3, 0.4) is 0 Å². The van der Waals surface area contributed by atoms with Crippen molar-refractivity contribution in [1.82, 2.24) is 15.1 Å². The Morgan fingerprint density at radius 3 is 2.43 bits per heavy atom. The van der Waals surface area contributed by atoms with Crippen molar-refractivity contribution in [2.45, 2.75) is 32.6 Å². The molecule has 0 spiro atoms. The summed E-state index contributed by atoms with van der Waals surface area (Å²) in [6, 6.07) is 3.69. The van der Waals surface area contributed by atoms with Crippen LogP contribution >= 0.6 is 0 Å². The highest BCUT2D eigenvalue weighted by Crippen LogP contribution is 2.25. The van der Waals surface area contributed by atoms with Gasteiger partial charge in [0.1, 0.15) is 17.4 Å². The summed E-state index contributed by atoms with van der Waals surface area (Å²) in [7, 11) is 2.78. The second-order valence-corrected chi connectivity index (χ2v) is 6.94. The average Bonchev–Trinajstić information content (AvgIpc) is 2.74. The number of aliphatic imine (C=N–C) groups is 1. The van der Waals surface area contributed by atoms with Gasteiger partial charge >= 0.3 is 12.1 Å². The molecule has 10 heteroatoms. The minimum Gasteiger partial charge on any atom is -0.496 e. The maximum Gasteiger partial charge on any atom is 0.403 e. The van der Waals surface area contributed by atoms with Gasteiger partial charge in [0.15, 0.2) is 5.96 Å². The highest BCUT2D eigenvalue weighted by atomic mass is 19.4. The number of halogens is 3. The number of hydrogen-bond donors (Lipinski definition) is 1. The van der Waals surface area contributed by atoms with Crippen LogP contribution in [0.4, 0.5) is 13.2 Å². The molecule has 0 amide bonds. The topological polar surface area (TPSA) is 66.4 Å². The van der Waals surface area contributed by atoms with Gasteiger partial charge in [-0.2, -0.15) is 13.2 Å². The fraction of sp³-hybridized carbons (Fsp3) is 0.600. The van der Waals surface area contributed by atoms with Crippen LogP contribution in [-0.2, 0) is 11.3 Å². The van der Waals surface area contributed by atoms with Crippen LogP contribution in [0.15, 0.2) is 23.2 Å². The van der Waals surface area contributed by atoms with E-state index in [-0.39, 0.29) is 0 Å². The van der Waals surface area contributed by atoms with E-state index in [9.17, 15) is 18.0 Å². The molecule has 1 heterocycles. The summed E-state index contributed by atoms with van der Waals surface area (Å²) in [4.78, 5) is 19.9. The molecule has 1 atom stereocenters. The number of carbonyl (C=O) groups excluding carboxylic acids is 1. The van der Waals surface area contributed by atoms with Gasteiger partial charge in [0, 0.05) is 32.7 Å². The zero-order chi connectivity index (χ0) is 22.3. The maximum atomic E-state index is 13.0. The van der Waals surface area contributed by atoms with Gasteiger partial charge < -0.3 is 19.7 Å². The van der Waals surface area contributed by atoms with E-state index in [1.165, 1.54) is 26.0 Å². The average molecular weight is 430 g/mol. The summed E-state index contributed by atoms with van der Waals surface area (Å²) < 4.78 is 48.8. The molecule has 7 nitrogen and oxygen atoms in total. The van der Waals surface area contributed by atoms with E-state index in [0.29, 0.717) is 56.5 Å². The number of esters is 1. The molecule has 168 valence electrons. The quantitative estimate of drug-likeness (QED) is 0.425. The molecule has 1 fully saturated rings. The van der Waals surface area contributed by atoms with Gasteiger partial charge in [0.25, 0.3) is 0 Å². The summed E-state index contributed by atoms with van der Waals surface area (Å²) in [5.74, 6) is 0.545. The molecular formula is C20H29F3N4O3. The lowest BCUT2D eigenvalue weighted by molar-refractivity contribution is -0.181. The minimum absolute atomic E-state index is 0.301. The predicted molar refractivity (Wildman–Crippen MR) is 108 cm³/mol. The number of alkyl halides is 3. The molecule has 0 radical (unpaired) electrons. The third-order valence-electron chi connectivity index (χ3n) is 5.05. The lowest BCUT2D eigenvalue weighted by atomic mass is 10.1. The van der Waals surface area contributed by atoms with Gasteiger partial charge in [-0.1, -0.05) is 6.07 Å². The largest absolute Gasteiger partial charge is 0.496 e. The van der Waals surface area contributed by atoms with Gasteiger partial charge in [-0.3, -0.25) is 4.90 Å². The van der Waals surface area contributed by atoms with Crippen molar-refractivity contribution < 1.29 is 27.4 Å². The van der Waals surface area contributed by atoms with Crippen molar-refractivity contribution in [2.24, 2.45) is 4.99 Å². The summed E-state index contributed by atoms with van der Waals surface area (Å²) in [5, 5.41) is 3.19. The molecule has 1 aromatic carbocycles. The number of nitrogens with one attached hydrogen (secondary N) is 1. The third kappa shape index (κ3) is 6.01. The smallest absolute Gasteiger partial charge is 0.403 e. The summed E-state index contributed by atoms with van der Waals surface area (Å²) in [5.41, 5.74) is 1.10. The second-order valence-electron chi connectivity index (χ2n) is 6.94. The van der Waals surface area contributed by atoms with Crippen LogP contribution in [0, 0.1) is 0 Å². The number of nitrogens with zero attached hydrogens (tertiary/aromatic N) is 3. The summed E-state index contributed by atoms with van der Waals surface area (Å²) in [6.45, 7) is 5.56. The molecule has 1 N–H and O–H groups in total. The monoisotopic (exact) mass is 430 g/mol. The highest BCUT2D eigenvalue weighted by molar-refractivity contribution is 5.92. The van der Waals surface area contributed by atoms with Crippen molar-refractivity contribution in [3.8, 4) is 5.75 Å². The zero-order valence-electron chi connectivity index (χ0n) is 17.8. The van der Waals surface area contributed by atoms with Crippen molar-refractivity contribution in [3.63, 3.8) is 0 Å². The maximum absolute atomic E-state index is 13.0. The molecule has 0 bridgehead atoms. The van der Waals surface area contributed by atoms with Gasteiger partial charge in [-0.25, -0.2) is 9.79 Å². The van der Waals surface area contributed by atoms with Crippen LogP contribution in [0.5, 0.6) is 5.75 Å². The number of guanidine groups is 1. The Hall–Kier alpha value is -2.49. The van der Waals surface area contributed by atoms with E-state index in [4.69, 9.17) is 9.47 Å². The molecule has 0 aliphatic carbocycles. The molecule has 1 saturated heterocycles. The van der Waals surface area contributed by atoms with E-state index in [1.54, 1.807) is 18.2 Å². The normalized spacial score (nSPS) is 16.9. The summed E-state index contributed by atoms with van der Waals surface area (Å²) in [6.07, 6.45) is -4.23. The van der Waals surface area contributed by atoms with E-state index in [0.717, 1.165) is 5.56 Å². The Morgan fingerprint density at radius 1 is 1.23 bits per heavy atom. The Morgan fingerprint density at radius 2 is 1.90 bits per heavy atom. The van der Waals surface area contributed by atoms with E-state index in [1.807, 2.05) is 11.8 Å². The molecule has 1 unspecified atom stereocenters. The molecule has 0 saturated carbocycles. The Bertz CT molecular complexity index is 747. The van der Waals surface area contributed by atoms with Crippen LogP contribution in [0.25, 0.3) is 0 Å². The minimum atomic E-state index is -4.23. The molecule has 2 rings (SSSR count). The van der Waals surface area contributed by atoms with E-state index in [2.05, 4.69) is 10.3 Å². The van der Waals surface area contributed by atoms with Crippen LogP contribution in [0.1, 0.15) is 29.8 Å². The number of piperazine rings is 1. The molecule has 0 aromatic heterocycles. The first kappa shape index (κ1) is 23.8. The number of benzene rings is 1. The Balaban J connectivity index is 2.09. The predicted octanol–water partition coefficient (Wildman–Crippen LogP) is 2.52. The molecule has 1 aliphatic rings. The van der Waals surface area contributed by atoms with Crippen molar-refractivity contribution >= 4 is 11.9 Å². The summed E-state index contributed by atoms with van der Waals surface area (Å²) >= 11 is 0. The van der Waals surface area contributed by atoms with Gasteiger partial charge in [-0.15, -0.1) is 0 Å². The van der Waals surface area contributed by atoms with Gasteiger partial charge in [-0.05, 0) is 31.5 Å². The standard InChI is InChI=1S/C20H29F3N4O3/c1-5-24-19(27-10-8-26(9-11-27)14(2)20(21,22)23)25-13-15-6-7-17(29-3)16(12-15)18(28)30-4/h6-7,12,14H,5,8-11,13H2,1-4H3,(H,24,25). The first-order valence-corrected chi connectivity index (χ1v) is 9.80. The van der Waals surface area contributed by atoms with Gasteiger partial charge in [0.05, 0.1) is 20.8 Å². The fourth-order valence-electron chi connectivity index (χ4n) is 3.24. The molecule has 1 aliphatic heterocycles. The Labute approximate surface area is 174 Å². The number of rotatable bonds is 6. The van der Waals surface area contributed by atoms with Crippen molar-refractivity contribution in [1.29, 1.82) is 0 Å². The fourth-order valence-corrected chi connectivity index (χ4v) is 3.24. The van der Waals surface area contributed by atoms with Crippen LogP contribution in [-0.4, -0.2) is 80.9 Å². The number of methoxy groups -OCH3 is 2. The van der Waals surface area contributed by atoms with Crippen molar-refractivity contribution in [2.75, 3.05) is 46.9 Å². The molecule has 1 aromatic rings. The first-order chi connectivity index (χ1) is 14.2. The lowest BCUT2D eigenvalue weighted by Crippen LogP contribution is -2.56. The lowest BCUT2D eigenvalue weighted by Gasteiger charge is -2.39. The highest BCUT2D eigenvalue weighted by Gasteiger charge is 2.41. The number of ether oxygens (including phenoxy) is 2. The second kappa shape index (κ2) is 10.5. The zero-order valence-corrected chi connectivity index (χ0v) is 17.8. The van der Waals surface area contributed by atoms with Crippen LogP contribution in [0.2, 0.25) is 0 Å². The first-order valence-electron chi connectivity index (χ1n) is 9.80. The molecular weight excluding hydrogens is 401 g/mol. The number of hydrogen-bond acceptors (Lipinski definition) is 5. The Kier molecular flexibility index (Phi) is 8.33. The molecule has 30 heavy (non-hydrogen) atoms. The SMILES string of the molecule is CCNC(=NCc1ccc(OC)c(C(=O)OC)c1)N1CCN(C(C)C(F)(F)F)CC1. The van der Waals surface area contributed by atoms with E-state index >= 15 is 0 Å². The number of carbonyl (C=O) groups is 1.